The summed E-state index contributed by atoms with van der Waals surface area (Å²) in [4.78, 5) is 2.74. The molecule has 2 heterocycles. The molecule has 0 bridgehead atoms. The van der Waals surface area contributed by atoms with Crippen molar-refractivity contribution in [2.45, 2.75) is 44.6 Å². The van der Waals surface area contributed by atoms with E-state index in [9.17, 15) is 0 Å². The summed E-state index contributed by atoms with van der Waals surface area (Å²) in [7, 11) is 0. The van der Waals surface area contributed by atoms with Crippen LogP contribution in [0.2, 0.25) is 0 Å². The number of hydrogen-bond acceptors (Lipinski definition) is 2. The van der Waals surface area contributed by atoms with Crippen LogP contribution in [0.5, 0.6) is 0 Å². The number of nitrogens with zero attached hydrogens (tertiary/aromatic N) is 1. The van der Waals surface area contributed by atoms with Gasteiger partial charge in [-0.05, 0) is 55.3 Å². The van der Waals surface area contributed by atoms with Crippen molar-refractivity contribution in [2.75, 3.05) is 26.2 Å². The van der Waals surface area contributed by atoms with Crippen LogP contribution in [0.25, 0.3) is 0 Å². The van der Waals surface area contributed by atoms with Gasteiger partial charge in [0.15, 0.2) is 0 Å². The third-order valence-corrected chi connectivity index (χ3v) is 6.03. The van der Waals surface area contributed by atoms with E-state index in [0.717, 1.165) is 18.4 Å². The van der Waals surface area contributed by atoms with Gasteiger partial charge in [0.2, 0.25) is 0 Å². The summed E-state index contributed by atoms with van der Waals surface area (Å²) in [6, 6.07) is 9.59. The lowest BCUT2D eigenvalue weighted by Crippen LogP contribution is -2.46. The van der Waals surface area contributed by atoms with Crippen molar-refractivity contribution >= 4 is 0 Å². The fraction of sp³-hybridized carbons (Fsp3) is 0.684. The smallest absolute Gasteiger partial charge is 0.0452 e. The minimum Gasteiger partial charge on any atom is -0.309 e. The highest BCUT2D eigenvalue weighted by molar-refractivity contribution is 5.32. The maximum Gasteiger partial charge on any atom is 0.0452 e. The maximum atomic E-state index is 3.75. The fourth-order valence-electron chi connectivity index (χ4n) is 4.86. The Morgan fingerprint density at radius 3 is 2.86 bits per heavy atom. The average Bonchev–Trinajstić information content (AvgIpc) is 2.55. The van der Waals surface area contributed by atoms with Crippen LogP contribution in [0, 0.1) is 11.8 Å². The van der Waals surface area contributed by atoms with Crippen LogP contribution in [0.3, 0.4) is 0 Å². The summed E-state index contributed by atoms with van der Waals surface area (Å²) in [6.07, 6.45) is 8.58. The summed E-state index contributed by atoms with van der Waals surface area (Å²) in [5, 5.41) is 3.75. The van der Waals surface area contributed by atoms with Gasteiger partial charge in [-0.1, -0.05) is 43.5 Å². The Hall–Kier alpha value is -0.860. The molecule has 1 aromatic carbocycles. The van der Waals surface area contributed by atoms with Gasteiger partial charge in [0, 0.05) is 19.1 Å². The van der Waals surface area contributed by atoms with Gasteiger partial charge in [0.1, 0.15) is 0 Å². The number of likely N-dealkylation sites (tertiary alicyclic amines) is 1. The molecule has 1 aromatic rings. The highest BCUT2D eigenvalue weighted by atomic mass is 15.2. The monoisotopic (exact) mass is 284 g/mol. The van der Waals surface area contributed by atoms with E-state index < -0.39 is 0 Å². The number of piperidine rings is 1. The summed E-state index contributed by atoms with van der Waals surface area (Å²) < 4.78 is 0. The van der Waals surface area contributed by atoms with Crippen molar-refractivity contribution < 1.29 is 0 Å². The van der Waals surface area contributed by atoms with Crippen LogP contribution in [0.4, 0.5) is 0 Å². The minimum atomic E-state index is 0.551. The second-order valence-corrected chi connectivity index (χ2v) is 7.31. The average molecular weight is 284 g/mol. The molecule has 2 nitrogen and oxygen atoms in total. The molecule has 0 amide bonds. The molecule has 21 heavy (non-hydrogen) atoms. The van der Waals surface area contributed by atoms with Crippen molar-refractivity contribution in [1.82, 2.24) is 10.2 Å². The van der Waals surface area contributed by atoms with Gasteiger partial charge in [0.05, 0.1) is 0 Å². The SMILES string of the molecule is c1ccc2c(c1)CCNC2CN1CCC2CCCCC2C1. The second kappa shape index (κ2) is 6.10. The van der Waals surface area contributed by atoms with E-state index in [2.05, 4.69) is 34.5 Å². The van der Waals surface area contributed by atoms with E-state index in [1.54, 1.807) is 11.1 Å². The Balaban J connectivity index is 1.43. The van der Waals surface area contributed by atoms with Crippen LogP contribution in [-0.4, -0.2) is 31.1 Å². The first-order chi connectivity index (χ1) is 10.4. The maximum absolute atomic E-state index is 3.75. The van der Waals surface area contributed by atoms with E-state index in [1.807, 2.05) is 0 Å². The van der Waals surface area contributed by atoms with Crippen molar-refractivity contribution in [3.8, 4) is 0 Å². The van der Waals surface area contributed by atoms with Crippen molar-refractivity contribution in [3.05, 3.63) is 35.4 Å². The van der Waals surface area contributed by atoms with Gasteiger partial charge in [0.25, 0.3) is 0 Å². The number of rotatable bonds is 2. The molecule has 4 rings (SSSR count). The van der Waals surface area contributed by atoms with Crippen molar-refractivity contribution in [2.24, 2.45) is 11.8 Å². The molecule has 3 unspecified atom stereocenters. The molecule has 0 radical (unpaired) electrons. The Kier molecular flexibility index (Phi) is 4.00. The molecule has 1 aliphatic carbocycles. The van der Waals surface area contributed by atoms with Gasteiger partial charge in [-0.25, -0.2) is 0 Å². The zero-order valence-corrected chi connectivity index (χ0v) is 13.1. The topological polar surface area (TPSA) is 15.3 Å². The Morgan fingerprint density at radius 2 is 1.90 bits per heavy atom. The number of fused-ring (bicyclic) bond motifs is 2. The first kappa shape index (κ1) is 13.8. The first-order valence-electron chi connectivity index (χ1n) is 8.94. The lowest BCUT2D eigenvalue weighted by molar-refractivity contribution is 0.0792. The number of nitrogens with one attached hydrogen (secondary N) is 1. The zero-order valence-electron chi connectivity index (χ0n) is 13.1. The summed E-state index contributed by atoms with van der Waals surface area (Å²) >= 11 is 0. The standard InChI is InChI=1S/C19H28N2/c1-2-7-17-13-21(12-10-15(17)5-1)14-19-18-8-4-3-6-16(18)9-11-20-19/h3-4,6,8,15,17,19-20H,1-2,5,7,9-14H2. The van der Waals surface area contributed by atoms with E-state index in [-0.39, 0.29) is 0 Å². The minimum absolute atomic E-state index is 0.551. The molecule has 1 saturated carbocycles. The van der Waals surface area contributed by atoms with Crippen LogP contribution >= 0.6 is 0 Å². The molecule has 1 N–H and O–H groups in total. The zero-order chi connectivity index (χ0) is 14.1. The largest absolute Gasteiger partial charge is 0.309 e. The van der Waals surface area contributed by atoms with Crippen LogP contribution in [-0.2, 0) is 6.42 Å². The predicted molar refractivity (Wildman–Crippen MR) is 87.4 cm³/mol. The first-order valence-corrected chi connectivity index (χ1v) is 8.94. The van der Waals surface area contributed by atoms with Gasteiger partial charge in [-0.15, -0.1) is 0 Å². The van der Waals surface area contributed by atoms with Gasteiger partial charge < -0.3 is 10.2 Å². The molecule has 114 valence electrons. The van der Waals surface area contributed by atoms with E-state index in [0.29, 0.717) is 6.04 Å². The lowest BCUT2D eigenvalue weighted by atomic mass is 9.75. The summed E-state index contributed by atoms with van der Waals surface area (Å²) in [6.45, 7) is 5.02. The number of benzene rings is 1. The molecular formula is C19H28N2. The van der Waals surface area contributed by atoms with E-state index in [4.69, 9.17) is 0 Å². The van der Waals surface area contributed by atoms with Crippen molar-refractivity contribution in [3.63, 3.8) is 0 Å². The molecule has 3 atom stereocenters. The Morgan fingerprint density at radius 1 is 1.05 bits per heavy atom. The normalized spacial score (nSPS) is 33.2. The lowest BCUT2D eigenvalue weighted by Gasteiger charge is -2.43. The third kappa shape index (κ3) is 2.89. The third-order valence-electron chi connectivity index (χ3n) is 6.03. The predicted octanol–water partition coefficient (Wildman–Crippen LogP) is 3.39. The molecule has 2 heteroatoms. The Bertz CT molecular complexity index is 484. The van der Waals surface area contributed by atoms with Gasteiger partial charge in [-0.2, -0.15) is 0 Å². The molecule has 0 aromatic heterocycles. The van der Waals surface area contributed by atoms with E-state index >= 15 is 0 Å². The fourth-order valence-corrected chi connectivity index (χ4v) is 4.86. The molecule has 0 spiro atoms. The highest BCUT2D eigenvalue weighted by Crippen LogP contribution is 2.36. The van der Waals surface area contributed by atoms with Crippen molar-refractivity contribution in [1.29, 1.82) is 0 Å². The van der Waals surface area contributed by atoms with Crippen LogP contribution < -0.4 is 5.32 Å². The summed E-state index contributed by atoms with van der Waals surface area (Å²) in [5.74, 6) is 2.04. The van der Waals surface area contributed by atoms with Crippen LogP contribution in [0.15, 0.2) is 24.3 Å². The quantitative estimate of drug-likeness (QED) is 0.895. The van der Waals surface area contributed by atoms with Gasteiger partial charge >= 0.3 is 0 Å². The molecule has 1 saturated heterocycles. The molecule has 2 fully saturated rings. The van der Waals surface area contributed by atoms with Gasteiger partial charge in [-0.3, -0.25) is 0 Å². The second-order valence-electron chi connectivity index (χ2n) is 7.31. The molecule has 3 aliphatic rings. The summed E-state index contributed by atoms with van der Waals surface area (Å²) in [5.41, 5.74) is 3.11. The molecular weight excluding hydrogens is 256 g/mol. The number of hydrogen-bond donors (Lipinski definition) is 1. The molecule has 2 aliphatic heterocycles. The highest BCUT2D eigenvalue weighted by Gasteiger charge is 2.32. The van der Waals surface area contributed by atoms with Crippen LogP contribution in [0.1, 0.15) is 49.3 Å². The van der Waals surface area contributed by atoms with E-state index in [1.165, 1.54) is 58.2 Å². The Labute approximate surface area is 128 Å².